The summed E-state index contributed by atoms with van der Waals surface area (Å²) in [5, 5.41) is 3.88. The molecule has 0 radical (unpaired) electrons. The lowest BCUT2D eigenvalue weighted by Crippen LogP contribution is -2.16. The maximum Gasteiger partial charge on any atom is 0.281 e. The summed E-state index contributed by atoms with van der Waals surface area (Å²) in [7, 11) is 0. The van der Waals surface area contributed by atoms with Crippen LogP contribution in [0.3, 0.4) is 0 Å². The number of amides is 1. The number of thiophene rings is 1. The normalized spacial score (nSPS) is 10.8. The zero-order chi connectivity index (χ0) is 16.1. The van der Waals surface area contributed by atoms with Gasteiger partial charge in [-0.2, -0.15) is 5.10 Å². The first-order chi connectivity index (χ1) is 11.2. The molecule has 114 valence electrons. The molecule has 0 unspecified atom stereocenters. The second kappa shape index (κ2) is 6.93. The summed E-state index contributed by atoms with van der Waals surface area (Å²) >= 11 is 1.32. The molecule has 0 aliphatic carbocycles. The van der Waals surface area contributed by atoms with Crippen LogP contribution in [0.15, 0.2) is 65.9 Å². The fraction of sp³-hybridized carbons (Fsp3) is 0. The number of carbonyl (C=O) groups is 1. The van der Waals surface area contributed by atoms with Gasteiger partial charge in [0.2, 0.25) is 0 Å². The summed E-state index contributed by atoms with van der Waals surface area (Å²) in [6.07, 6.45) is 3.13. The van der Waals surface area contributed by atoms with Gasteiger partial charge in [0, 0.05) is 11.1 Å². The molecular weight excluding hydrogens is 313 g/mol. The van der Waals surface area contributed by atoms with Crippen molar-refractivity contribution < 1.29 is 9.18 Å². The fourth-order valence-corrected chi connectivity index (χ4v) is 2.80. The van der Waals surface area contributed by atoms with Gasteiger partial charge < -0.3 is 0 Å². The number of benzene rings is 1. The van der Waals surface area contributed by atoms with E-state index in [-0.39, 0.29) is 11.7 Å². The van der Waals surface area contributed by atoms with Gasteiger partial charge in [0.15, 0.2) is 0 Å². The van der Waals surface area contributed by atoms with Crippen LogP contribution in [0.5, 0.6) is 0 Å². The average Bonchev–Trinajstić information content (AvgIpc) is 3.06. The van der Waals surface area contributed by atoms with Gasteiger partial charge in [-0.1, -0.05) is 18.2 Å². The first-order valence-electron chi connectivity index (χ1n) is 6.82. The molecule has 0 aliphatic rings. The Labute approximate surface area is 136 Å². The molecule has 4 nitrogen and oxygen atoms in total. The number of hydrogen-bond acceptors (Lipinski definition) is 4. The third kappa shape index (κ3) is 3.87. The van der Waals surface area contributed by atoms with Gasteiger partial charge in [0.1, 0.15) is 5.82 Å². The Hall–Kier alpha value is -2.86. The number of pyridine rings is 1. The van der Waals surface area contributed by atoms with Crippen LogP contribution in [0.25, 0.3) is 10.4 Å². The van der Waals surface area contributed by atoms with E-state index in [9.17, 15) is 9.18 Å². The first kappa shape index (κ1) is 15.1. The molecule has 2 aromatic heterocycles. The molecule has 0 fully saturated rings. The number of hydrogen-bond donors (Lipinski definition) is 1. The Morgan fingerprint density at radius 3 is 2.70 bits per heavy atom. The van der Waals surface area contributed by atoms with E-state index in [0.717, 1.165) is 10.4 Å². The summed E-state index contributed by atoms with van der Waals surface area (Å²) in [5.41, 5.74) is 3.99. The number of rotatable bonds is 4. The SMILES string of the molecule is O=C(N/N=C\c1ccccn1)c1ccc(-c2ccc(F)cc2)s1. The lowest BCUT2D eigenvalue weighted by atomic mass is 10.2. The minimum atomic E-state index is -0.296. The molecule has 1 aromatic carbocycles. The number of nitrogens with one attached hydrogen (secondary N) is 1. The zero-order valence-electron chi connectivity index (χ0n) is 11.9. The molecule has 0 saturated heterocycles. The van der Waals surface area contributed by atoms with E-state index >= 15 is 0 Å². The highest BCUT2D eigenvalue weighted by molar-refractivity contribution is 7.17. The highest BCUT2D eigenvalue weighted by atomic mass is 32.1. The molecular formula is C17H12FN3OS. The van der Waals surface area contributed by atoms with Gasteiger partial charge in [-0.15, -0.1) is 11.3 Å². The smallest absolute Gasteiger partial charge is 0.266 e. The maximum atomic E-state index is 12.9. The van der Waals surface area contributed by atoms with Crippen LogP contribution in [0.1, 0.15) is 15.4 Å². The van der Waals surface area contributed by atoms with Crippen molar-refractivity contribution in [2.24, 2.45) is 5.10 Å². The first-order valence-corrected chi connectivity index (χ1v) is 7.64. The summed E-state index contributed by atoms with van der Waals surface area (Å²) in [6.45, 7) is 0. The van der Waals surface area contributed by atoms with Crippen LogP contribution in [-0.4, -0.2) is 17.1 Å². The van der Waals surface area contributed by atoms with E-state index in [1.165, 1.54) is 29.7 Å². The molecule has 23 heavy (non-hydrogen) atoms. The molecule has 0 saturated carbocycles. The van der Waals surface area contributed by atoms with Crippen LogP contribution >= 0.6 is 11.3 Å². The van der Waals surface area contributed by atoms with Crippen molar-refractivity contribution in [2.45, 2.75) is 0 Å². The van der Waals surface area contributed by atoms with Crippen molar-refractivity contribution >= 4 is 23.5 Å². The highest BCUT2D eigenvalue weighted by Gasteiger charge is 2.09. The lowest BCUT2D eigenvalue weighted by Gasteiger charge is -1.97. The number of hydrazone groups is 1. The standard InChI is InChI=1S/C17H12FN3OS/c18-13-6-4-12(5-7-13)15-8-9-16(23-15)17(22)21-20-11-14-3-1-2-10-19-14/h1-11H,(H,21,22)/b20-11-. The minimum Gasteiger partial charge on any atom is -0.266 e. The van der Waals surface area contributed by atoms with Crippen LogP contribution in [0, 0.1) is 5.82 Å². The van der Waals surface area contributed by atoms with Gasteiger partial charge in [-0.3, -0.25) is 9.78 Å². The Morgan fingerprint density at radius 1 is 1.13 bits per heavy atom. The third-order valence-electron chi connectivity index (χ3n) is 3.01. The van der Waals surface area contributed by atoms with Crippen molar-refractivity contribution in [1.82, 2.24) is 10.4 Å². The van der Waals surface area contributed by atoms with Crippen molar-refractivity contribution in [2.75, 3.05) is 0 Å². The van der Waals surface area contributed by atoms with Gasteiger partial charge in [-0.25, -0.2) is 9.82 Å². The predicted molar refractivity (Wildman–Crippen MR) is 89.0 cm³/mol. The largest absolute Gasteiger partial charge is 0.281 e. The van der Waals surface area contributed by atoms with Crippen molar-refractivity contribution in [3.63, 3.8) is 0 Å². The Bertz CT molecular complexity index is 829. The van der Waals surface area contributed by atoms with E-state index in [1.54, 1.807) is 36.5 Å². The monoisotopic (exact) mass is 325 g/mol. The van der Waals surface area contributed by atoms with Gasteiger partial charge >= 0.3 is 0 Å². The van der Waals surface area contributed by atoms with Crippen molar-refractivity contribution in [3.8, 4) is 10.4 Å². The third-order valence-corrected chi connectivity index (χ3v) is 4.14. The summed E-state index contributed by atoms with van der Waals surface area (Å²) < 4.78 is 12.9. The topological polar surface area (TPSA) is 54.4 Å². The molecule has 2 heterocycles. The van der Waals surface area contributed by atoms with Crippen LogP contribution in [0.4, 0.5) is 4.39 Å². The molecule has 1 amide bonds. The van der Waals surface area contributed by atoms with E-state index in [2.05, 4.69) is 15.5 Å². The van der Waals surface area contributed by atoms with Crippen LogP contribution < -0.4 is 5.43 Å². The molecule has 0 aliphatic heterocycles. The summed E-state index contributed by atoms with van der Waals surface area (Å²) in [5.74, 6) is -0.581. The Morgan fingerprint density at radius 2 is 1.96 bits per heavy atom. The Kier molecular flexibility index (Phi) is 4.54. The molecule has 6 heteroatoms. The summed E-state index contributed by atoms with van der Waals surface area (Å²) in [4.78, 5) is 17.5. The molecule has 0 spiro atoms. The van der Waals surface area contributed by atoms with E-state index in [1.807, 2.05) is 12.1 Å². The number of nitrogens with zero attached hydrogens (tertiary/aromatic N) is 2. The average molecular weight is 325 g/mol. The van der Waals surface area contributed by atoms with Gasteiger partial charge in [0.25, 0.3) is 5.91 Å². The van der Waals surface area contributed by atoms with Crippen molar-refractivity contribution in [1.29, 1.82) is 0 Å². The Balaban J connectivity index is 1.67. The molecule has 3 aromatic rings. The quantitative estimate of drug-likeness (QED) is 0.587. The van der Waals surface area contributed by atoms with Crippen LogP contribution in [-0.2, 0) is 0 Å². The zero-order valence-corrected chi connectivity index (χ0v) is 12.8. The van der Waals surface area contributed by atoms with Gasteiger partial charge in [0.05, 0.1) is 16.8 Å². The van der Waals surface area contributed by atoms with Crippen LogP contribution in [0.2, 0.25) is 0 Å². The highest BCUT2D eigenvalue weighted by Crippen LogP contribution is 2.28. The van der Waals surface area contributed by atoms with E-state index < -0.39 is 0 Å². The second-order valence-corrected chi connectivity index (χ2v) is 5.71. The van der Waals surface area contributed by atoms with Crippen molar-refractivity contribution in [3.05, 3.63) is 77.2 Å². The molecule has 0 bridgehead atoms. The predicted octanol–water partition coefficient (Wildman–Crippen LogP) is 3.71. The van der Waals surface area contributed by atoms with E-state index in [0.29, 0.717) is 10.6 Å². The summed E-state index contributed by atoms with van der Waals surface area (Å²) in [6, 6.07) is 15.1. The second-order valence-electron chi connectivity index (χ2n) is 4.62. The van der Waals surface area contributed by atoms with E-state index in [4.69, 9.17) is 0 Å². The fourth-order valence-electron chi connectivity index (χ4n) is 1.89. The van der Waals surface area contributed by atoms with Gasteiger partial charge in [-0.05, 0) is 42.0 Å². The molecule has 1 N–H and O–H groups in total. The number of halogens is 1. The maximum absolute atomic E-state index is 12.9. The minimum absolute atomic E-state index is 0.285. The molecule has 0 atom stereocenters. The molecule has 3 rings (SSSR count). The number of aromatic nitrogens is 1. The number of carbonyl (C=O) groups excluding carboxylic acids is 1. The lowest BCUT2D eigenvalue weighted by molar-refractivity contribution is 0.0959.